The van der Waals surface area contributed by atoms with Crippen LogP contribution in [0.2, 0.25) is 0 Å². The van der Waals surface area contributed by atoms with Gasteiger partial charge in [-0.05, 0) is 31.7 Å². The first-order valence-corrected chi connectivity index (χ1v) is 6.45. The zero-order valence-electron chi connectivity index (χ0n) is 10.4. The number of hydrogen-bond donors (Lipinski definition) is 1. The molecule has 1 heterocycles. The van der Waals surface area contributed by atoms with Crippen LogP contribution < -0.4 is 5.32 Å². The van der Waals surface area contributed by atoms with Gasteiger partial charge in [-0.2, -0.15) is 0 Å². The van der Waals surface area contributed by atoms with Crippen molar-refractivity contribution >= 4 is 0 Å². The van der Waals surface area contributed by atoms with E-state index in [1.165, 1.54) is 31.5 Å². The number of nitrogens with one attached hydrogen (secondary N) is 1. The molecule has 1 atom stereocenters. The second kappa shape index (κ2) is 5.48. The Bertz CT molecular complexity index is 315. The van der Waals surface area contributed by atoms with Crippen LogP contribution in [0.3, 0.4) is 0 Å². The molecule has 1 saturated carbocycles. The topological polar surface area (TPSA) is 29.9 Å². The molecule has 3 heteroatoms. The molecule has 1 aliphatic carbocycles. The van der Waals surface area contributed by atoms with Gasteiger partial charge in [0.2, 0.25) is 0 Å². The Morgan fingerprint density at radius 3 is 2.94 bits per heavy atom. The Morgan fingerprint density at radius 2 is 2.38 bits per heavy atom. The van der Waals surface area contributed by atoms with Gasteiger partial charge in [0.25, 0.3) is 0 Å². The second-order valence-electron chi connectivity index (χ2n) is 5.13. The van der Waals surface area contributed by atoms with Crippen molar-refractivity contribution in [1.82, 2.24) is 14.9 Å². The minimum Gasteiger partial charge on any atom is -0.338 e. The Labute approximate surface area is 98.3 Å². The number of aromatic nitrogens is 2. The lowest BCUT2D eigenvalue weighted by Crippen LogP contribution is -2.37. The summed E-state index contributed by atoms with van der Waals surface area (Å²) in [7, 11) is 2.07. The highest BCUT2D eigenvalue weighted by molar-refractivity contribution is 4.91. The van der Waals surface area contributed by atoms with Gasteiger partial charge in [0, 0.05) is 31.9 Å². The van der Waals surface area contributed by atoms with E-state index in [2.05, 4.69) is 28.8 Å². The Kier molecular flexibility index (Phi) is 3.99. The number of aryl methyl sites for hydroxylation is 2. The fraction of sp³-hybridized carbons (Fsp3) is 0.769. The van der Waals surface area contributed by atoms with Crippen LogP contribution in [0.1, 0.15) is 38.4 Å². The van der Waals surface area contributed by atoms with Crippen molar-refractivity contribution in [2.75, 3.05) is 6.54 Å². The lowest BCUT2D eigenvalue weighted by molar-refractivity contribution is 0.316. The third-order valence-electron chi connectivity index (χ3n) is 3.64. The van der Waals surface area contributed by atoms with E-state index in [0.29, 0.717) is 0 Å². The first-order chi connectivity index (χ1) is 7.75. The summed E-state index contributed by atoms with van der Waals surface area (Å²) in [6.45, 7) is 3.49. The highest BCUT2D eigenvalue weighted by Crippen LogP contribution is 2.18. The van der Waals surface area contributed by atoms with Gasteiger partial charge in [-0.25, -0.2) is 4.98 Å². The van der Waals surface area contributed by atoms with Crippen LogP contribution in [-0.4, -0.2) is 22.1 Å². The van der Waals surface area contributed by atoms with Crippen LogP contribution in [0.25, 0.3) is 0 Å². The number of hydrogen-bond acceptors (Lipinski definition) is 2. The van der Waals surface area contributed by atoms with Gasteiger partial charge in [-0.15, -0.1) is 0 Å². The van der Waals surface area contributed by atoms with E-state index in [4.69, 9.17) is 0 Å². The van der Waals surface area contributed by atoms with Gasteiger partial charge < -0.3 is 9.88 Å². The lowest BCUT2D eigenvalue weighted by atomic mass is 9.92. The predicted octanol–water partition coefficient (Wildman–Crippen LogP) is 2.13. The van der Waals surface area contributed by atoms with Crippen molar-refractivity contribution in [2.45, 2.75) is 45.1 Å². The smallest absolute Gasteiger partial charge is 0.108 e. The molecule has 1 aliphatic rings. The molecule has 1 aromatic rings. The molecule has 0 saturated heterocycles. The molecule has 1 fully saturated rings. The zero-order valence-corrected chi connectivity index (χ0v) is 10.4. The Balaban J connectivity index is 1.63. The summed E-state index contributed by atoms with van der Waals surface area (Å²) in [6, 6.07) is 0.815. The van der Waals surface area contributed by atoms with Gasteiger partial charge >= 0.3 is 0 Å². The summed E-state index contributed by atoms with van der Waals surface area (Å²) in [5, 5.41) is 3.64. The number of nitrogens with zero attached hydrogens (tertiary/aromatic N) is 2. The molecular weight excluding hydrogens is 198 g/mol. The second-order valence-corrected chi connectivity index (χ2v) is 5.13. The first kappa shape index (κ1) is 11.6. The minimum atomic E-state index is 0.747. The Morgan fingerprint density at radius 1 is 1.56 bits per heavy atom. The molecule has 0 aliphatic heterocycles. The summed E-state index contributed by atoms with van der Waals surface area (Å²) in [5.41, 5.74) is 0. The maximum atomic E-state index is 4.35. The van der Waals surface area contributed by atoms with E-state index >= 15 is 0 Å². The normalized spacial score (nSPS) is 18.4. The summed E-state index contributed by atoms with van der Waals surface area (Å²) in [6.07, 6.45) is 10.4. The fourth-order valence-electron chi connectivity index (χ4n) is 2.10. The number of rotatable bonds is 6. The molecule has 16 heavy (non-hydrogen) atoms. The highest BCUT2D eigenvalue weighted by Gasteiger charge is 2.17. The van der Waals surface area contributed by atoms with E-state index in [9.17, 15) is 0 Å². The molecule has 0 radical (unpaired) electrons. The third kappa shape index (κ3) is 3.08. The lowest BCUT2D eigenvalue weighted by Gasteiger charge is -2.28. The van der Waals surface area contributed by atoms with Crippen LogP contribution in [0, 0.1) is 5.92 Å². The molecular formula is C13H23N3. The summed E-state index contributed by atoms with van der Waals surface area (Å²) in [4.78, 5) is 4.35. The van der Waals surface area contributed by atoms with Crippen molar-refractivity contribution in [3.05, 3.63) is 18.2 Å². The highest BCUT2D eigenvalue weighted by atomic mass is 15.0. The van der Waals surface area contributed by atoms with E-state index in [1.807, 2.05) is 12.4 Å². The zero-order chi connectivity index (χ0) is 11.4. The molecule has 0 amide bonds. The predicted molar refractivity (Wildman–Crippen MR) is 66.3 cm³/mol. The van der Waals surface area contributed by atoms with Crippen LogP contribution >= 0.6 is 0 Å². The molecule has 0 spiro atoms. The minimum absolute atomic E-state index is 0.747. The quantitative estimate of drug-likeness (QED) is 0.797. The van der Waals surface area contributed by atoms with Crippen molar-refractivity contribution < 1.29 is 0 Å². The molecule has 3 nitrogen and oxygen atoms in total. The van der Waals surface area contributed by atoms with Crippen molar-refractivity contribution in [2.24, 2.45) is 13.0 Å². The fourth-order valence-corrected chi connectivity index (χ4v) is 2.10. The molecule has 0 aromatic carbocycles. The number of imidazole rings is 1. The van der Waals surface area contributed by atoms with E-state index < -0.39 is 0 Å². The van der Waals surface area contributed by atoms with Gasteiger partial charge in [-0.3, -0.25) is 0 Å². The standard InChI is InChI=1S/C13H23N3/c1-11(10-15-12-4-3-5-12)6-7-13-14-8-9-16(13)2/h8-9,11-12,15H,3-7,10H2,1-2H3. The SMILES string of the molecule is CC(CCc1nccn1C)CNC1CCC1. The summed E-state index contributed by atoms with van der Waals surface area (Å²) < 4.78 is 2.12. The summed E-state index contributed by atoms with van der Waals surface area (Å²) >= 11 is 0. The monoisotopic (exact) mass is 221 g/mol. The van der Waals surface area contributed by atoms with Crippen molar-refractivity contribution in [1.29, 1.82) is 0 Å². The van der Waals surface area contributed by atoms with Gasteiger partial charge in [-0.1, -0.05) is 13.3 Å². The Hall–Kier alpha value is -0.830. The summed E-state index contributed by atoms with van der Waals surface area (Å²) in [5.74, 6) is 1.95. The molecule has 1 aromatic heterocycles. The molecule has 1 N–H and O–H groups in total. The molecule has 0 bridgehead atoms. The van der Waals surface area contributed by atoms with Crippen LogP contribution in [0.4, 0.5) is 0 Å². The average molecular weight is 221 g/mol. The first-order valence-electron chi connectivity index (χ1n) is 6.45. The third-order valence-corrected chi connectivity index (χ3v) is 3.64. The van der Waals surface area contributed by atoms with Crippen LogP contribution in [0.15, 0.2) is 12.4 Å². The van der Waals surface area contributed by atoms with E-state index in [-0.39, 0.29) is 0 Å². The molecule has 90 valence electrons. The van der Waals surface area contributed by atoms with E-state index in [0.717, 1.165) is 24.9 Å². The largest absolute Gasteiger partial charge is 0.338 e. The maximum Gasteiger partial charge on any atom is 0.108 e. The van der Waals surface area contributed by atoms with Crippen LogP contribution in [-0.2, 0) is 13.5 Å². The van der Waals surface area contributed by atoms with Gasteiger partial charge in [0.15, 0.2) is 0 Å². The van der Waals surface area contributed by atoms with Crippen LogP contribution in [0.5, 0.6) is 0 Å². The van der Waals surface area contributed by atoms with Gasteiger partial charge in [0.1, 0.15) is 5.82 Å². The maximum absolute atomic E-state index is 4.35. The van der Waals surface area contributed by atoms with Gasteiger partial charge in [0.05, 0.1) is 0 Å². The molecule has 2 rings (SSSR count). The van der Waals surface area contributed by atoms with E-state index in [1.54, 1.807) is 0 Å². The van der Waals surface area contributed by atoms with Crippen molar-refractivity contribution in [3.8, 4) is 0 Å². The molecule has 1 unspecified atom stereocenters. The average Bonchev–Trinajstić information content (AvgIpc) is 2.59. The van der Waals surface area contributed by atoms with Crippen molar-refractivity contribution in [3.63, 3.8) is 0 Å².